The molecule has 0 atom stereocenters. The van der Waals surface area contributed by atoms with Gasteiger partial charge in [-0.1, -0.05) is 54.1 Å². The summed E-state index contributed by atoms with van der Waals surface area (Å²) in [6.07, 6.45) is 3.68. The Labute approximate surface area is 191 Å². The quantitative estimate of drug-likeness (QED) is 0.405. The van der Waals surface area contributed by atoms with Gasteiger partial charge in [0.2, 0.25) is 0 Å². The van der Waals surface area contributed by atoms with Crippen molar-refractivity contribution in [1.82, 2.24) is 9.78 Å². The molecule has 0 aliphatic heterocycles. The third-order valence-corrected chi connectivity index (χ3v) is 5.36. The predicted molar refractivity (Wildman–Crippen MR) is 126 cm³/mol. The van der Waals surface area contributed by atoms with E-state index in [0.29, 0.717) is 34.3 Å². The number of carbonyl (C=O) groups excluding carboxylic acids is 1. The zero-order valence-electron chi connectivity index (χ0n) is 17.7. The first-order chi connectivity index (χ1) is 15.6. The highest BCUT2D eigenvalue weighted by Gasteiger charge is 2.16. The van der Waals surface area contributed by atoms with E-state index in [0.717, 1.165) is 16.7 Å². The van der Waals surface area contributed by atoms with Crippen molar-refractivity contribution < 1.29 is 14.3 Å². The maximum Gasteiger partial charge on any atom is 0.256 e. The number of hydrogen-bond donors (Lipinski definition) is 1. The number of methoxy groups -OCH3 is 2. The van der Waals surface area contributed by atoms with Crippen molar-refractivity contribution in [1.29, 1.82) is 0 Å². The van der Waals surface area contributed by atoms with Crippen molar-refractivity contribution in [3.63, 3.8) is 0 Å². The second-order valence-corrected chi connectivity index (χ2v) is 7.49. The maximum atomic E-state index is 13.2. The van der Waals surface area contributed by atoms with Crippen LogP contribution in [0.15, 0.2) is 79.1 Å². The highest BCUT2D eigenvalue weighted by atomic mass is 35.5. The summed E-state index contributed by atoms with van der Waals surface area (Å²) in [6.45, 7) is 0.688. The molecule has 0 aliphatic carbocycles. The smallest absolute Gasteiger partial charge is 0.256 e. The first kappa shape index (κ1) is 21.5. The third kappa shape index (κ3) is 4.60. The van der Waals surface area contributed by atoms with E-state index in [1.165, 1.54) is 14.2 Å². The van der Waals surface area contributed by atoms with E-state index in [2.05, 4.69) is 10.4 Å². The average Bonchev–Trinajstić information content (AvgIpc) is 3.33. The molecule has 1 amide bonds. The Bertz CT molecular complexity index is 1220. The Morgan fingerprint density at radius 3 is 2.44 bits per heavy atom. The van der Waals surface area contributed by atoms with Gasteiger partial charge in [-0.05, 0) is 34.9 Å². The Balaban J connectivity index is 1.60. The van der Waals surface area contributed by atoms with Crippen LogP contribution in [0.25, 0.3) is 11.1 Å². The van der Waals surface area contributed by atoms with E-state index in [9.17, 15) is 4.79 Å². The van der Waals surface area contributed by atoms with Gasteiger partial charge in [0.05, 0.1) is 31.5 Å². The van der Waals surface area contributed by atoms with E-state index in [1.807, 2.05) is 59.4 Å². The van der Waals surface area contributed by atoms with Crippen LogP contribution < -0.4 is 14.8 Å². The van der Waals surface area contributed by atoms with E-state index in [1.54, 1.807) is 24.4 Å². The summed E-state index contributed by atoms with van der Waals surface area (Å²) >= 11 is 6.24. The van der Waals surface area contributed by atoms with Crippen molar-refractivity contribution in [3.05, 3.63) is 95.3 Å². The largest absolute Gasteiger partial charge is 0.495 e. The van der Waals surface area contributed by atoms with Crippen molar-refractivity contribution in [2.75, 3.05) is 19.5 Å². The Morgan fingerprint density at radius 2 is 1.75 bits per heavy atom. The van der Waals surface area contributed by atoms with Gasteiger partial charge in [0.25, 0.3) is 5.91 Å². The molecule has 7 heteroatoms. The molecule has 0 radical (unpaired) electrons. The molecule has 0 spiro atoms. The molecule has 0 fully saturated rings. The summed E-state index contributed by atoms with van der Waals surface area (Å²) in [5, 5.41) is 7.52. The number of halogens is 1. The molecule has 0 bridgehead atoms. The SMILES string of the molecule is COc1cc(OC)c(NC(=O)c2ccccc2-c2ccc(Cn3cccn3)cc2)cc1Cl. The molecule has 0 saturated carbocycles. The van der Waals surface area contributed by atoms with Crippen LogP contribution in [0.1, 0.15) is 15.9 Å². The molecule has 0 saturated heterocycles. The number of aromatic nitrogens is 2. The maximum absolute atomic E-state index is 13.2. The number of amides is 1. The lowest BCUT2D eigenvalue weighted by molar-refractivity contribution is 0.102. The standard InChI is InChI=1S/C25H22ClN3O3/c1-31-23-15-24(32-2)22(14-21(23)26)28-25(30)20-7-4-3-6-19(20)18-10-8-17(9-11-18)16-29-13-5-12-27-29/h3-15H,16H2,1-2H3,(H,28,30). The summed E-state index contributed by atoms with van der Waals surface area (Å²) in [6, 6.07) is 20.7. The van der Waals surface area contributed by atoms with Crippen LogP contribution >= 0.6 is 11.6 Å². The number of benzene rings is 3. The Hall–Kier alpha value is -3.77. The topological polar surface area (TPSA) is 65.4 Å². The zero-order chi connectivity index (χ0) is 22.5. The van der Waals surface area contributed by atoms with Crippen LogP contribution in [0.2, 0.25) is 5.02 Å². The predicted octanol–water partition coefficient (Wildman–Crippen LogP) is 5.52. The van der Waals surface area contributed by atoms with Gasteiger partial charge in [0.1, 0.15) is 11.5 Å². The fraction of sp³-hybridized carbons (Fsp3) is 0.120. The molecule has 0 unspecified atom stereocenters. The summed E-state index contributed by atoms with van der Waals surface area (Å²) in [7, 11) is 3.05. The third-order valence-electron chi connectivity index (χ3n) is 5.06. The molecule has 1 aromatic heterocycles. The first-order valence-electron chi connectivity index (χ1n) is 9.97. The van der Waals surface area contributed by atoms with Gasteiger partial charge in [-0.2, -0.15) is 5.10 Å². The zero-order valence-corrected chi connectivity index (χ0v) is 18.5. The molecule has 3 aromatic carbocycles. The molecule has 4 rings (SSSR count). The number of rotatable bonds is 7. The lowest BCUT2D eigenvalue weighted by Crippen LogP contribution is -2.14. The van der Waals surface area contributed by atoms with Crippen LogP contribution in [-0.4, -0.2) is 29.9 Å². The van der Waals surface area contributed by atoms with Gasteiger partial charge in [0.15, 0.2) is 0 Å². The second kappa shape index (κ2) is 9.58. The van der Waals surface area contributed by atoms with E-state index >= 15 is 0 Å². The lowest BCUT2D eigenvalue weighted by atomic mass is 9.98. The molecule has 32 heavy (non-hydrogen) atoms. The van der Waals surface area contributed by atoms with Crippen molar-refractivity contribution in [3.8, 4) is 22.6 Å². The molecular weight excluding hydrogens is 426 g/mol. The van der Waals surface area contributed by atoms with E-state index in [4.69, 9.17) is 21.1 Å². The number of anilines is 1. The minimum absolute atomic E-state index is 0.263. The first-order valence-corrected chi connectivity index (χ1v) is 10.4. The number of carbonyl (C=O) groups is 1. The Kier molecular flexibility index (Phi) is 6.42. The highest BCUT2D eigenvalue weighted by Crippen LogP contribution is 2.36. The van der Waals surface area contributed by atoms with Crippen LogP contribution in [0.3, 0.4) is 0 Å². The fourth-order valence-electron chi connectivity index (χ4n) is 3.45. The van der Waals surface area contributed by atoms with Crippen LogP contribution in [-0.2, 0) is 6.54 Å². The monoisotopic (exact) mass is 447 g/mol. The van der Waals surface area contributed by atoms with Gasteiger partial charge < -0.3 is 14.8 Å². The van der Waals surface area contributed by atoms with Gasteiger partial charge >= 0.3 is 0 Å². The molecular formula is C25H22ClN3O3. The normalized spacial score (nSPS) is 10.6. The number of ether oxygens (including phenoxy) is 2. The Morgan fingerprint density at radius 1 is 1.00 bits per heavy atom. The molecule has 1 N–H and O–H groups in total. The minimum Gasteiger partial charge on any atom is -0.495 e. The van der Waals surface area contributed by atoms with E-state index < -0.39 is 0 Å². The second-order valence-electron chi connectivity index (χ2n) is 7.09. The highest BCUT2D eigenvalue weighted by molar-refractivity contribution is 6.32. The van der Waals surface area contributed by atoms with Crippen molar-refractivity contribution in [2.24, 2.45) is 0 Å². The van der Waals surface area contributed by atoms with Gasteiger partial charge in [-0.3, -0.25) is 9.48 Å². The summed E-state index contributed by atoms with van der Waals surface area (Å²) < 4.78 is 12.5. The van der Waals surface area contributed by atoms with Crippen molar-refractivity contribution in [2.45, 2.75) is 6.54 Å². The van der Waals surface area contributed by atoms with Crippen LogP contribution in [0.4, 0.5) is 5.69 Å². The molecule has 162 valence electrons. The van der Waals surface area contributed by atoms with Crippen LogP contribution in [0.5, 0.6) is 11.5 Å². The fourth-order valence-corrected chi connectivity index (χ4v) is 3.69. The number of nitrogens with one attached hydrogen (secondary N) is 1. The van der Waals surface area contributed by atoms with Crippen LogP contribution in [0, 0.1) is 0 Å². The van der Waals surface area contributed by atoms with E-state index in [-0.39, 0.29) is 5.91 Å². The minimum atomic E-state index is -0.263. The summed E-state index contributed by atoms with van der Waals surface area (Å²) in [5.74, 6) is 0.665. The van der Waals surface area contributed by atoms with Crippen molar-refractivity contribution >= 4 is 23.2 Å². The number of hydrogen-bond acceptors (Lipinski definition) is 4. The molecule has 4 aromatic rings. The molecule has 6 nitrogen and oxygen atoms in total. The lowest BCUT2D eigenvalue weighted by Gasteiger charge is -2.15. The summed E-state index contributed by atoms with van der Waals surface area (Å²) in [4.78, 5) is 13.2. The molecule has 1 heterocycles. The van der Waals surface area contributed by atoms with Gasteiger partial charge in [-0.15, -0.1) is 0 Å². The summed E-state index contributed by atoms with van der Waals surface area (Å²) in [5.41, 5.74) is 3.90. The van der Waals surface area contributed by atoms with Gasteiger partial charge in [0, 0.05) is 24.0 Å². The molecule has 0 aliphatic rings. The number of nitrogens with zero attached hydrogens (tertiary/aromatic N) is 2. The van der Waals surface area contributed by atoms with Gasteiger partial charge in [-0.25, -0.2) is 0 Å². The average molecular weight is 448 g/mol.